The lowest BCUT2D eigenvalue weighted by molar-refractivity contribution is -0.190. The van der Waals surface area contributed by atoms with Crippen LogP contribution in [0.15, 0.2) is 39.1 Å². The standard InChI is InChI=1S/C27H26F6N6O4/c1-36-21-19(22(40)39(25(36)42)16-6-2-3-7-16)38(24(35-21)37-10-9-14-11-34-12-18(14)37)13-15-5-4-8-17(26(28,29)30)20(15)43-23(41)27(31,32)33/h4-5,8,16,34H,2-3,6-7,9-13H2,1H3. The molecule has 1 aliphatic carbocycles. The monoisotopic (exact) mass is 612 g/mol. The van der Waals surface area contributed by atoms with Crippen molar-refractivity contribution in [3.63, 3.8) is 0 Å². The van der Waals surface area contributed by atoms with Crippen LogP contribution >= 0.6 is 0 Å². The van der Waals surface area contributed by atoms with Crippen LogP contribution in [0.2, 0.25) is 0 Å². The summed E-state index contributed by atoms with van der Waals surface area (Å²) in [5.74, 6) is -4.01. The highest BCUT2D eigenvalue weighted by atomic mass is 19.4. The van der Waals surface area contributed by atoms with E-state index >= 15 is 0 Å². The van der Waals surface area contributed by atoms with E-state index in [4.69, 9.17) is 0 Å². The van der Waals surface area contributed by atoms with Gasteiger partial charge in [0, 0.05) is 44.0 Å². The number of halogens is 6. The number of carbonyl (C=O) groups is 1. The van der Waals surface area contributed by atoms with Gasteiger partial charge in [-0.3, -0.25) is 18.5 Å². The van der Waals surface area contributed by atoms with Crippen molar-refractivity contribution in [3.05, 3.63) is 61.4 Å². The Hall–Kier alpha value is -4.08. The number of benzene rings is 1. The predicted octanol–water partition coefficient (Wildman–Crippen LogP) is 3.61. The molecule has 0 unspecified atom stereocenters. The number of aryl methyl sites for hydroxylation is 1. The lowest BCUT2D eigenvalue weighted by Gasteiger charge is -2.23. The molecule has 10 nitrogen and oxygen atoms in total. The van der Waals surface area contributed by atoms with Gasteiger partial charge < -0.3 is 15.0 Å². The van der Waals surface area contributed by atoms with Crippen LogP contribution in [0.25, 0.3) is 11.2 Å². The van der Waals surface area contributed by atoms with Gasteiger partial charge in [0.15, 0.2) is 11.2 Å². The smallest absolute Gasteiger partial charge is 0.419 e. The zero-order valence-corrected chi connectivity index (χ0v) is 22.8. The second kappa shape index (κ2) is 10.3. The Bertz CT molecular complexity index is 1780. The normalized spacial score (nSPS) is 17.9. The lowest BCUT2D eigenvalue weighted by Crippen LogP contribution is -2.41. The molecule has 4 heterocycles. The van der Waals surface area contributed by atoms with Gasteiger partial charge in [0.25, 0.3) is 5.56 Å². The third-order valence-electron chi connectivity index (χ3n) is 8.25. The van der Waals surface area contributed by atoms with Crippen LogP contribution in [0.3, 0.4) is 0 Å². The molecule has 230 valence electrons. The molecule has 1 aromatic carbocycles. The number of alkyl halides is 6. The largest absolute Gasteiger partial charge is 0.491 e. The number of rotatable bonds is 5. The first-order chi connectivity index (χ1) is 20.3. The first kappa shape index (κ1) is 29.0. The van der Waals surface area contributed by atoms with Gasteiger partial charge in [-0.2, -0.15) is 31.3 Å². The Morgan fingerprint density at radius 1 is 1.09 bits per heavy atom. The first-order valence-electron chi connectivity index (χ1n) is 13.7. The van der Waals surface area contributed by atoms with E-state index in [-0.39, 0.29) is 23.2 Å². The molecule has 0 amide bonds. The van der Waals surface area contributed by atoms with Gasteiger partial charge in [0.05, 0.1) is 12.1 Å². The number of aromatic nitrogens is 4. The second-order valence-corrected chi connectivity index (χ2v) is 10.9. The summed E-state index contributed by atoms with van der Waals surface area (Å²) in [6.45, 7) is 0.895. The van der Waals surface area contributed by atoms with E-state index in [9.17, 15) is 40.7 Å². The number of ether oxygens (including phenoxy) is 1. The predicted molar refractivity (Wildman–Crippen MR) is 141 cm³/mol. The van der Waals surface area contributed by atoms with Gasteiger partial charge in [0.2, 0.25) is 5.95 Å². The number of nitrogens with one attached hydrogen (secondary N) is 1. The molecule has 0 saturated heterocycles. The van der Waals surface area contributed by atoms with Gasteiger partial charge in [-0.05, 0) is 30.9 Å². The first-order valence-corrected chi connectivity index (χ1v) is 13.7. The van der Waals surface area contributed by atoms with E-state index in [1.165, 1.54) is 16.2 Å². The number of imidazole rings is 1. The van der Waals surface area contributed by atoms with E-state index in [0.29, 0.717) is 45.0 Å². The van der Waals surface area contributed by atoms with Crippen LogP contribution in [-0.4, -0.2) is 50.5 Å². The topological polar surface area (TPSA) is 103 Å². The van der Waals surface area contributed by atoms with Gasteiger partial charge in [0.1, 0.15) is 5.75 Å². The van der Waals surface area contributed by atoms with Gasteiger partial charge in [-0.15, -0.1) is 0 Å². The summed E-state index contributed by atoms with van der Waals surface area (Å²) in [6.07, 6.45) is -7.31. The Balaban J connectivity index is 1.60. The molecule has 6 rings (SSSR count). The highest BCUT2D eigenvalue weighted by molar-refractivity contribution is 5.79. The highest BCUT2D eigenvalue weighted by Crippen LogP contribution is 2.41. The summed E-state index contributed by atoms with van der Waals surface area (Å²) < 4.78 is 89.3. The fraction of sp³-hybridized carbons (Fsp3) is 0.481. The Morgan fingerprint density at radius 2 is 1.81 bits per heavy atom. The molecule has 1 N–H and O–H groups in total. The summed E-state index contributed by atoms with van der Waals surface area (Å²) in [5.41, 5.74) is -1.53. The number of esters is 1. The zero-order chi connectivity index (χ0) is 30.8. The number of anilines is 1. The summed E-state index contributed by atoms with van der Waals surface area (Å²) in [5, 5.41) is 3.21. The van der Waals surface area contributed by atoms with Crippen molar-refractivity contribution in [2.45, 2.75) is 57.0 Å². The minimum atomic E-state index is -5.57. The van der Waals surface area contributed by atoms with Crippen molar-refractivity contribution < 1.29 is 35.9 Å². The van der Waals surface area contributed by atoms with Crippen molar-refractivity contribution in [1.29, 1.82) is 0 Å². The highest BCUT2D eigenvalue weighted by Gasteiger charge is 2.44. The fourth-order valence-corrected chi connectivity index (χ4v) is 6.22. The maximum atomic E-state index is 14.0. The molecule has 16 heteroatoms. The number of hydrogen-bond acceptors (Lipinski definition) is 7. The zero-order valence-electron chi connectivity index (χ0n) is 22.8. The van der Waals surface area contributed by atoms with E-state index in [2.05, 4.69) is 15.0 Å². The molecule has 1 saturated carbocycles. The SMILES string of the molecule is Cn1c(=O)n(C2CCCC2)c(=O)c2c1nc(N1CCC3=C1CNC3)n2Cc1cccc(C(F)(F)F)c1OC(=O)C(F)(F)F. The van der Waals surface area contributed by atoms with Crippen molar-refractivity contribution in [1.82, 2.24) is 24.0 Å². The van der Waals surface area contributed by atoms with Gasteiger partial charge in [-0.1, -0.05) is 25.0 Å². The average molecular weight is 613 g/mol. The molecule has 3 aromatic rings. The minimum absolute atomic E-state index is 0.0277. The summed E-state index contributed by atoms with van der Waals surface area (Å²) in [6, 6.07) is 2.19. The van der Waals surface area contributed by atoms with E-state index in [1.54, 1.807) is 4.90 Å². The Labute approximate surface area is 239 Å². The number of hydrogen-bond donors (Lipinski definition) is 1. The number of fused-ring (bicyclic) bond motifs is 1. The number of nitrogens with zero attached hydrogens (tertiary/aromatic N) is 5. The molecule has 2 aliphatic heterocycles. The van der Waals surface area contributed by atoms with Crippen LogP contribution in [0, 0.1) is 0 Å². The van der Waals surface area contributed by atoms with Crippen LogP contribution in [-0.2, 0) is 24.6 Å². The maximum Gasteiger partial charge on any atom is 0.491 e. The average Bonchev–Trinajstić information content (AvgIpc) is 3.72. The van der Waals surface area contributed by atoms with Crippen LogP contribution in [0.5, 0.6) is 5.75 Å². The molecule has 2 aromatic heterocycles. The van der Waals surface area contributed by atoms with E-state index in [1.807, 2.05) is 0 Å². The summed E-state index contributed by atoms with van der Waals surface area (Å²) in [4.78, 5) is 45.5. The van der Waals surface area contributed by atoms with E-state index < -0.39 is 53.0 Å². The molecule has 0 bridgehead atoms. The number of carbonyl (C=O) groups excluding carboxylic acids is 1. The number of para-hydroxylation sites is 1. The van der Waals surface area contributed by atoms with Crippen LogP contribution in [0.4, 0.5) is 32.3 Å². The molecule has 43 heavy (non-hydrogen) atoms. The third-order valence-corrected chi connectivity index (χ3v) is 8.25. The van der Waals surface area contributed by atoms with Crippen LogP contribution < -0.4 is 26.2 Å². The fourth-order valence-electron chi connectivity index (χ4n) is 6.22. The molecule has 0 spiro atoms. The van der Waals surface area contributed by atoms with Gasteiger partial charge >= 0.3 is 24.0 Å². The van der Waals surface area contributed by atoms with E-state index in [0.717, 1.165) is 40.8 Å². The van der Waals surface area contributed by atoms with Crippen molar-refractivity contribution in [3.8, 4) is 5.75 Å². The second-order valence-electron chi connectivity index (χ2n) is 10.9. The minimum Gasteiger partial charge on any atom is -0.419 e. The van der Waals surface area contributed by atoms with Gasteiger partial charge in [-0.25, -0.2) is 9.59 Å². The summed E-state index contributed by atoms with van der Waals surface area (Å²) in [7, 11) is 1.43. The van der Waals surface area contributed by atoms with Crippen molar-refractivity contribution in [2.24, 2.45) is 7.05 Å². The lowest BCUT2D eigenvalue weighted by atomic mass is 10.1. The quantitative estimate of drug-likeness (QED) is 0.267. The molecule has 3 aliphatic rings. The molecule has 0 atom stereocenters. The third kappa shape index (κ3) is 4.90. The molecular formula is C27H26F6N6O4. The summed E-state index contributed by atoms with van der Waals surface area (Å²) >= 11 is 0. The van der Waals surface area contributed by atoms with Crippen molar-refractivity contribution >= 4 is 23.1 Å². The Morgan fingerprint density at radius 3 is 2.49 bits per heavy atom. The maximum absolute atomic E-state index is 14.0. The molecule has 0 radical (unpaired) electrons. The molecular weight excluding hydrogens is 586 g/mol. The van der Waals surface area contributed by atoms with Crippen LogP contribution in [0.1, 0.15) is 49.3 Å². The molecule has 1 fully saturated rings. The Kier molecular flexibility index (Phi) is 6.93. The van der Waals surface area contributed by atoms with Crippen molar-refractivity contribution in [2.75, 3.05) is 24.5 Å².